The molecule has 0 aromatic rings. The number of carbonyl (C=O) groups excluding carboxylic acids is 1. The number of hydrogen-bond donors (Lipinski definition) is 1. The monoisotopic (exact) mass is 285 g/mol. The first kappa shape index (κ1) is 16.3. The molecule has 4 nitrogen and oxygen atoms in total. The third kappa shape index (κ3) is 4.13. The summed E-state index contributed by atoms with van der Waals surface area (Å²) < 4.78 is 0. The molecule has 0 fully saturated rings. The number of nitrogens with one attached hydrogen (secondary N) is 1. The van der Waals surface area contributed by atoms with Crippen LogP contribution in [0.25, 0.3) is 0 Å². The Labute approximate surface area is 121 Å². The van der Waals surface area contributed by atoms with E-state index in [1.165, 1.54) is 12.8 Å². The van der Waals surface area contributed by atoms with Gasteiger partial charge in [0.2, 0.25) is 5.91 Å². The van der Waals surface area contributed by atoms with Crippen molar-refractivity contribution in [2.24, 2.45) is 10.4 Å². The Morgan fingerprint density at radius 2 is 2.11 bits per heavy atom. The van der Waals surface area contributed by atoms with Gasteiger partial charge in [-0.05, 0) is 32.1 Å². The zero-order valence-electron chi connectivity index (χ0n) is 12.8. The fraction of sp³-hybridized carbons (Fsp3) is 0.857. The summed E-state index contributed by atoms with van der Waals surface area (Å²) in [5.74, 6) is 1.21. The van der Waals surface area contributed by atoms with Crippen molar-refractivity contribution in [2.45, 2.75) is 46.6 Å². The summed E-state index contributed by atoms with van der Waals surface area (Å²) in [5, 5.41) is 4.16. The maximum atomic E-state index is 12.0. The van der Waals surface area contributed by atoms with Gasteiger partial charge in [0.1, 0.15) is 6.04 Å². The van der Waals surface area contributed by atoms with Crippen molar-refractivity contribution in [1.29, 1.82) is 0 Å². The SMILES string of the molecule is CCN(C)C(=O)C(C)NC1=NCC(CC)(CC)CS1. The van der Waals surface area contributed by atoms with Crippen LogP contribution in [0.15, 0.2) is 4.99 Å². The van der Waals surface area contributed by atoms with E-state index in [2.05, 4.69) is 24.2 Å². The third-order valence-corrected chi connectivity index (χ3v) is 5.41. The molecule has 0 saturated carbocycles. The number of thioether (sulfide) groups is 1. The average molecular weight is 285 g/mol. The van der Waals surface area contributed by atoms with Gasteiger partial charge in [-0.3, -0.25) is 9.79 Å². The second-order valence-electron chi connectivity index (χ2n) is 5.34. The summed E-state index contributed by atoms with van der Waals surface area (Å²) in [4.78, 5) is 18.3. The van der Waals surface area contributed by atoms with Gasteiger partial charge in [-0.2, -0.15) is 0 Å². The van der Waals surface area contributed by atoms with Crippen molar-refractivity contribution in [2.75, 3.05) is 25.9 Å². The lowest BCUT2D eigenvalue weighted by Gasteiger charge is -2.34. The van der Waals surface area contributed by atoms with Gasteiger partial charge in [-0.25, -0.2) is 0 Å². The van der Waals surface area contributed by atoms with Gasteiger partial charge in [0.05, 0.1) is 0 Å². The van der Waals surface area contributed by atoms with Crippen molar-refractivity contribution < 1.29 is 4.79 Å². The Hall–Kier alpha value is -0.710. The minimum atomic E-state index is -0.202. The predicted molar refractivity (Wildman–Crippen MR) is 83.7 cm³/mol. The van der Waals surface area contributed by atoms with Crippen molar-refractivity contribution in [3.05, 3.63) is 0 Å². The van der Waals surface area contributed by atoms with Gasteiger partial charge in [0.15, 0.2) is 5.17 Å². The summed E-state index contributed by atoms with van der Waals surface area (Å²) in [7, 11) is 1.83. The maximum Gasteiger partial charge on any atom is 0.244 e. The first-order chi connectivity index (χ1) is 8.98. The number of carbonyl (C=O) groups is 1. The van der Waals surface area contributed by atoms with E-state index in [0.717, 1.165) is 24.0 Å². The van der Waals surface area contributed by atoms with Crippen molar-refractivity contribution in [1.82, 2.24) is 10.2 Å². The summed E-state index contributed by atoms with van der Waals surface area (Å²) in [6, 6.07) is -0.202. The zero-order chi connectivity index (χ0) is 14.5. The third-order valence-electron chi connectivity index (χ3n) is 4.13. The summed E-state index contributed by atoms with van der Waals surface area (Å²) in [5.41, 5.74) is 0.350. The number of aliphatic imine (C=N–C) groups is 1. The molecule has 1 rings (SSSR count). The van der Waals surface area contributed by atoms with Gasteiger partial charge in [0.25, 0.3) is 0 Å². The van der Waals surface area contributed by atoms with E-state index in [0.29, 0.717) is 5.41 Å². The van der Waals surface area contributed by atoms with Gasteiger partial charge in [0, 0.05) is 25.9 Å². The lowest BCUT2D eigenvalue weighted by Crippen LogP contribution is -2.46. The highest BCUT2D eigenvalue weighted by Crippen LogP contribution is 2.34. The zero-order valence-corrected chi connectivity index (χ0v) is 13.6. The van der Waals surface area contributed by atoms with Crippen LogP contribution in [-0.4, -0.2) is 47.9 Å². The van der Waals surface area contributed by atoms with Gasteiger partial charge >= 0.3 is 0 Å². The molecule has 1 aliphatic rings. The summed E-state index contributed by atoms with van der Waals surface area (Å²) in [6.07, 6.45) is 2.33. The van der Waals surface area contributed by atoms with Crippen LogP contribution in [0.5, 0.6) is 0 Å². The lowest BCUT2D eigenvalue weighted by molar-refractivity contribution is -0.131. The Morgan fingerprint density at radius 3 is 2.53 bits per heavy atom. The highest BCUT2D eigenvalue weighted by molar-refractivity contribution is 8.13. The predicted octanol–water partition coefficient (Wildman–Crippen LogP) is 2.35. The molecule has 0 radical (unpaired) electrons. The molecule has 1 heterocycles. The molecule has 5 heteroatoms. The van der Waals surface area contributed by atoms with E-state index in [1.54, 1.807) is 16.7 Å². The normalized spacial score (nSPS) is 19.5. The molecular weight excluding hydrogens is 258 g/mol. The molecule has 1 N–H and O–H groups in total. The van der Waals surface area contributed by atoms with Crippen LogP contribution in [-0.2, 0) is 4.79 Å². The maximum absolute atomic E-state index is 12.0. The summed E-state index contributed by atoms with van der Waals surface area (Å²) in [6.45, 7) is 9.97. The Bertz CT molecular complexity index is 340. The van der Waals surface area contributed by atoms with Crippen LogP contribution in [0.2, 0.25) is 0 Å². The second kappa shape index (κ2) is 7.17. The van der Waals surface area contributed by atoms with Crippen LogP contribution < -0.4 is 5.32 Å². The molecule has 0 bridgehead atoms. The van der Waals surface area contributed by atoms with Crippen LogP contribution in [0.3, 0.4) is 0 Å². The molecule has 19 heavy (non-hydrogen) atoms. The quantitative estimate of drug-likeness (QED) is 0.843. The number of nitrogens with zero attached hydrogens (tertiary/aromatic N) is 2. The molecule has 0 aromatic heterocycles. The number of hydrogen-bond acceptors (Lipinski definition) is 4. The topological polar surface area (TPSA) is 44.7 Å². The minimum absolute atomic E-state index is 0.119. The standard InChI is InChI=1S/C14H27N3OS/c1-6-14(7-2)9-15-13(19-10-14)16-11(4)12(18)17(5)8-3/h11H,6-10H2,1-5H3,(H,15,16). The molecule has 0 aromatic carbocycles. The molecular formula is C14H27N3OS. The average Bonchev–Trinajstić information content (AvgIpc) is 2.46. The smallest absolute Gasteiger partial charge is 0.244 e. The highest BCUT2D eigenvalue weighted by atomic mass is 32.2. The van der Waals surface area contributed by atoms with E-state index >= 15 is 0 Å². The first-order valence-corrected chi connectivity index (χ1v) is 8.15. The van der Waals surface area contributed by atoms with Gasteiger partial charge in [-0.1, -0.05) is 25.6 Å². The van der Waals surface area contributed by atoms with E-state index in [9.17, 15) is 4.79 Å². The van der Waals surface area contributed by atoms with E-state index in [-0.39, 0.29) is 11.9 Å². The molecule has 1 amide bonds. The van der Waals surface area contributed by atoms with Crippen LogP contribution in [0.4, 0.5) is 0 Å². The largest absolute Gasteiger partial charge is 0.353 e. The molecule has 0 saturated heterocycles. The van der Waals surface area contributed by atoms with Gasteiger partial charge in [-0.15, -0.1) is 0 Å². The van der Waals surface area contributed by atoms with E-state index in [4.69, 9.17) is 0 Å². The van der Waals surface area contributed by atoms with Crippen molar-refractivity contribution >= 4 is 22.8 Å². The van der Waals surface area contributed by atoms with Crippen molar-refractivity contribution in [3.63, 3.8) is 0 Å². The van der Waals surface area contributed by atoms with Crippen molar-refractivity contribution in [3.8, 4) is 0 Å². The second-order valence-corrected chi connectivity index (χ2v) is 6.30. The number of amidine groups is 1. The number of likely N-dealkylation sites (N-methyl/N-ethyl adjacent to an activating group) is 1. The fourth-order valence-corrected chi connectivity index (χ4v) is 3.41. The van der Waals surface area contributed by atoms with Crippen LogP contribution in [0.1, 0.15) is 40.5 Å². The Morgan fingerprint density at radius 1 is 1.47 bits per heavy atom. The molecule has 0 aliphatic carbocycles. The fourth-order valence-electron chi connectivity index (χ4n) is 2.05. The lowest BCUT2D eigenvalue weighted by atomic mass is 9.84. The molecule has 1 unspecified atom stereocenters. The minimum Gasteiger partial charge on any atom is -0.353 e. The van der Waals surface area contributed by atoms with Gasteiger partial charge < -0.3 is 10.2 Å². The van der Waals surface area contributed by atoms with Crippen LogP contribution >= 0.6 is 11.8 Å². The summed E-state index contributed by atoms with van der Waals surface area (Å²) >= 11 is 1.75. The molecule has 1 atom stereocenters. The Kier molecular flexibility index (Phi) is 6.17. The van der Waals surface area contributed by atoms with E-state index < -0.39 is 0 Å². The number of rotatable bonds is 5. The Balaban J connectivity index is 2.56. The van der Waals surface area contributed by atoms with E-state index in [1.807, 2.05) is 20.9 Å². The van der Waals surface area contributed by atoms with Crippen LogP contribution in [0, 0.1) is 5.41 Å². The highest BCUT2D eigenvalue weighted by Gasteiger charge is 2.31. The molecule has 110 valence electrons. The molecule has 1 aliphatic heterocycles. The molecule has 0 spiro atoms. The number of amides is 1. The first-order valence-electron chi connectivity index (χ1n) is 7.16.